The fourth-order valence-corrected chi connectivity index (χ4v) is 2.29. The van der Waals surface area contributed by atoms with Gasteiger partial charge in [-0.1, -0.05) is 12.1 Å². The predicted octanol–water partition coefficient (Wildman–Crippen LogP) is 2.60. The molecule has 5 heteroatoms. The van der Waals surface area contributed by atoms with Gasteiger partial charge >= 0.3 is 5.97 Å². The Labute approximate surface area is 115 Å². The fraction of sp³-hybridized carbons (Fsp3) is 0.214. The number of carbonyl (C=O) groups is 1. The number of carboxylic acids is 1. The van der Waals surface area contributed by atoms with Gasteiger partial charge in [0, 0.05) is 6.42 Å². The van der Waals surface area contributed by atoms with E-state index in [-0.39, 0.29) is 6.42 Å². The first-order valence-electron chi connectivity index (χ1n) is 5.90. The van der Waals surface area contributed by atoms with Crippen molar-refractivity contribution < 1.29 is 14.6 Å². The molecule has 0 radical (unpaired) electrons. The Hall–Kier alpha value is -1.85. The molecule has 0 saturated heterocycles. The molecule has 0 aliphatic heterocycles. The lowest BCUT2D eigenvalue weighted by atomic mass is 10.1. The molecule has 100 valence electrons. The third-order valence-corrected chi connectivity index (χ3v) is 3.39. The van der Waals surface area contributed by atoms with E-state index in [0.717, 1.165) is 16.9 Å². The van der Waals surface area contributed by atoms with E-state index in [4.69, 9.17) is 15.6 Å². The van der Waals surface area contributed by atoms with Crippen molar-refractivity contribution in [3.63, 3.8) is 0 Å². The van der Waals surface area contributed by atoms with Crippen LogP contribution in [0.15, 0.2) is 41.1 Å². The van der Waals surface area contributed by atoms with Crippen molar-refractivity contribution in [2.45, 2.75) is 12.5 Å². The van der Waals surface area contributed by atoms with Crippen LogP contribution in [0.1, 0.15) is 6.42 Å². The van der Waals surface area contributed by atoms with E-state index < -0.39 is 12.0 Å². The van der Waals surface area contributed by atoms with Crippen LogP contribution in [-0.2, 0) is 4.79 Å². The highest BCUT2D eigenvalue weighted by Gasteiger charge is 2.11. The van der Waals surface area contributed by atoms with Crippen molar-refractivity contribution in [1.29, 1.82) is 0 Å². The lowest BCUT2D eigenvalue weighted by Gasteiger charge is -2.09. The van der Waals surface area contributed by atoms with E-state index in [9.17, 15) is 4.79 Å². The number of benzene rings is 1. The van der Waals surface area contributed by atoms with Crippen LogP contribution < -0.4 is 10.5 Å². The maximum absolute atomic E-state index is 10.6. The van der Waals surface area contributed by atoms with E-state index in [0.29, 0.717) is 6.61 Å². The smallest absolute Gasteiger partial charge is 0.320 e. The van der Waals surface area contributed by atoms with E-state index in [1.807, 2.05) is 35.7 Å². The first-order valence-corrected chi connectivity index (χ1v) is 6.85. The molecule has 0 aliphatic rings. The van der Waals surface area contributed by atoms with Gasteiger partial charge in [0.15, 0.2) is 0 Å². The zero-order chi connectivity index (χ0) is 13.7. The number of ether oxygens (including phenoxy) is 1. The summed E-state index contributed by atoms with van der Waals surface area (Å²) in [6.45, 7) is 0.292. The number of rotatable bonds is 6. The van der Waals surface area contributed by atoms with Gasteiger partial charge in [-0.15, -0.1) is 0 Å². The summed E-state index contributed by atoms with van der Waals surface area (Å²) < 4.78 is 5.53. The largest absolute Gasteiger partial charge is 0.493 e. The third kappa shape index (κ3) is 3.81. The Morgan fingerprint density at radius 3 is 2.89 bits per heavy atom. The molecular weight excluding hydrogens is 262 g/mol. The van der Waals surface area contributed by atoms with Crippen LogP contribution >= 0.6 is 11.3 Å². The van der Waals surface area contributed by atoms with E-state index in [2.05, 4.69) is 5.38 Å². The molecule has 0 saturated carbocycles. The second-order valence-corrected chi connectivity index (χ2v) is 4.90. The fourth-order valence-electron chi connectivity index (χ4n) is 1.62. The molecule has 2 aromatic rings. The third-order valence-electron chi connectivity index (χ3n) is 2.70. The Kier molecular flexibility index (Phi) is 4.54. The van der Waals surface area contributed by atoms with Gasteiger partial charge in [-0.05, 0) is 40.1 Å². The standard InChI is InChI=1S/C14H15NO3S/c15-13(14(16)17)4-6-18-12-3-1-2-10(8-12)11-5-7-19-9-11/h1-3,5,7-9,13H,4,6,15H2,(H,16,17). The molecule has 2 rings (SSSR count). The summed E-state index contributed by atoms with van der Waals surface area (Å²) in [5.41, 5.74) is 7.64. The molecule has 0 aliphatic carbocycles. The molecule has 1 aromatic carbocycles. The lowest BCUT2D eigenvalue weighted by molar-refractivity contribution is -0.138. The van der Waals surface area contributed by atoms with Crippen molar-refractivity contribution in [1.82, 2.24) is 0 Å². The highest BCUT2D eigenvalue weighted by Crippen LogP contribution is 2.25. The summed E-state index contributed by atoms with van der Waals surface area (Å²) in [7, 11) is 0. The number of thiophene rings is 1. The lowest BCUT2D eigenvalue weighted by Crippen LogP contribution is -2.31. The number of carboxylic acid groups (broad SMARTS) is 1. The van der Waals surface area contributed by atoms with Crippen molar-refractivity contribution in [2.75, 3.05) is 6.61 Å². The Bertz CT molecular complexity index is 539. The van der Waals surface area contributed by atoms with Gasteiger partial charge in [-0.2, -0.15) is 11.3 Å². The van der Waals surface area contributed by atoms with Crippen molar-refractivity contribution in [3.8, 4) is 16.9 Å². The van der Waals surface area contributed by atoms with Crippen LogP contribution in [-0.4, -0.2) is 23.7 Å². The van der Waals surface area contributed by atoms with Gasteiger partial charge in [-0.3, -0.25) is 4.79 Å². The number of nitrogens with two attached hydrogens (primary N) is 1. The molecule has 0 amide bonds. The first kappa shape index (κ1) is 13.6. The van der Waals surface area contributed by atoms with E-state index in [1.165, 1.54) is 0 Å². The summed E-state index contributed by atoms with van der Waals surface area (Å²) in [6, 6.07) is 8.89. The second kappa shape index (κ2) is 6.36. The normalized spacial score (nSPS) is 12.1. The molecule has 0 fully saturated rings. The molecule has 0 spiro atoms. The maximum atomic E-state index is 10.6. The molecule has 19 heavy (non-hydrogen) atoms. The van der Waals surface area contributed by atoms with Crippen molar-refractivity contribution in [2.24, 2.45) is 5.73 Å². The van der Waals surface area contributed by atoms with Crippen LogP contribution in [0.25, 0.3) is 11.1 Å². The van der Waals surface area contributed by atoms with Crippen LogP contribution in [0, 0.1) is 0 Å². The topological polar surface area (TPSA) is 72.5 Å². The minimum atomic E-state index is -1.00. The van der Waals surface area contributed by atoms with Crippen molar-refractivity contribution >= 4 is 17.3 Å². The molecular formula is C14H15NO3S. The SMILES string of the molecule is NC(CCOc1cccc(-c2ccsc2)c1)C(=O)O. The summed E-state index contributed by atoms with van der Waals surface area (Å²) in [4.78, 5) is 10.6. The zero-order valence-electron chi connectivity index (χ0n) is 10.3. The minimum absolute atomic E-state index is 0.290. The van der Waals surface area contributed by atoms with E-state index >= 15 is 0 Å². The molecule has 0 bridgehead atoms. The molecule has 1 atom stereocenters. The summed E-state index contributed by atoms with van der Waals surface area (Å²) in [6.07, 6.45) is 0.290. The quantitative estimate of drug-likeness (QED) is 0.851. The van der Waals surface area contributed by atoms with Gasteiger partial charge in [0.1, 0.15) is 11.8 Å². The second-order valence-electron chi connectivity index (χ2n) is 4.12. The summed E-state index contributed by atoms with van der Waals surface area (Å²) in [5, 5.41) is 12.8. The van der Waals surface area contributed by atoms with Gasteiger partial charge in [0.05, 0.1) is 6.61 Å². The highest BCUT2D eigenvalue weighted by atomic mass is 32.1. The molecule has 1 aromatic heterocycles. The molecule has 1 heterocycles. The monoisotopic (exact) mass is 277 g/mol. The first-order chi connectivity index (χ1) is 9.16. The van der Waals surface area contributed by atoms with Crippen LogP contribution in [0.3, 0.4) is 0 Å². The van der Waals surface area contributed by atoms with Crippen molar-refractivity contribution in [3.05, 3.63) is 41.1 Å². The minimum Gasteiger partial charge on any atom is -0.493 e. The Morgan fingerprint density at radius 2 is 2.21 bits per heavy atom. The van der Waals surface area contributed by atoms with E-state index in [1.54, 1.807) is 11.3 Å². The van der Waals surface area contributed by atoms with Crippen LogP contribution in [0.2, 0.25) is 0 Å². The number of aliphatic carboxylic acids is 1. The van der Waals surface area contributed by atoms with Gasteiger partial charge < -0.3 is 15.6 Å². The molecule has 4 nitrogen and oxygen atoms in total. The molecule has 3 N–H and O–H groups in total. The maximum Gasteiger partial charge on any atom is 0.320 e. The highest BCUT2D eigenvalue weighted by molar-refractivity contribution is 7.08. The number of hydrogen-bond donors (Lipinski definition) is 2. The summed E-state index contributed by atoms with van der Waals surface area (Å²) >= 11 is 1.64. The van der Waals surface area contributed by atoms with Crippen LogP contribution in [0.5, 0.6) is 5.75 Å². The van der Waals surface area contributed by atoms with Crippen LogP contribution in [0.4, 0.5) is 0 Å². The van der Waals surface area contributed by atoms with Gasteiger partial charge in [0.2, 0.25) is 0 Å². The average Bonchev–Trinajstić information content (AvgIpc) is 2.93. The Morgan fingerprint density at radius 1 is 1.37 bits per heavy atom. The summed E-state index contributed by atoms with van der Waals surface area (Å²) in [5.74, 6) is -0.281. The van der Waals surface area contributed by atoms with Gasteiger partial charge in [-0.25, -0.2) is 0 Å². The zero-order valence-corrected chi connectivity index (χ0v) is 11.1. The average molecular weight is 277 g/mol. The molecule has 1 unspecified atom stereocenters. The number of hydrogen-bond acceptors (Lipinski definition) is 4. The van der Waals surface area contributed by atoms with Gasteiger partial charge in [0.25, 0.3) is 0 Å². The Balaban J connectivity index is 1.95. The predicted molar refractivity (Wildman–Crippen MR) is 75.5 cm³/mol.